The van der Waals surface area contributed by atoms with Crippen LogP contribution in [0.15, 0.2) is 18.2 Å². The van der Waals surface area contributed by atoms with Gasteiger partial charge in [-0.3, -0.25) is 4.79 Å². The number of rotatable bonds is 0. The van der Waals surface area contributed by atoms with Crippen LogP contribution in [-0.4, -0.2) is 11.9 Å². The van der Waals surface area contributed by atoms with Gasteiger partial charge in [0.05, 0.1) is 16.9 Å². The van der Waals surface area contributed by atoms with Gasteiger partial charge in [0.25, 0.3) is 0 Å². The number of alkyl halides is 3. The molecule has 0 aliphatic carbocycles. The Morgan fingerprint density at radius 3 is 2.65 bits per heavy atom. The second kappa shape index (κ2) is 3.94. The van der Waals surface area contributed by atoms with Crippen LogP contribution in [0.4, 0.5) is 24.5 Å². The van der Waals surface area contributed by atoms with Crippen molar-refractivity contribution in [1.82, 2.24) is 0 Å². The van der Waals surface area contributed by atoms with Crippen LogP contribution < -0.4 is 10.6 Å². The zero-order valence-electron chi connectivity index (χ0n) is 9.06. The van der Waals surface area contributed by atoms with Gasteiger partial charge in [0.2, 0.25) is 5.91 Å². The molecule has 1 atom stereocenters. The first kappa shape index (κ1) is 11.8. The van der Waals surface area contributed by atoms with E-state index in [4.69, 9.17) is 0 Å². The number of carbonyl (C=O) groups excluding carboxylic acids is 1. The number of benzene rings is 1. The molecule has 17 heavy (non-hydrogen) atoms. The Labute approximate surface area is 96.0 Å². The maximum Gasteiger partial charge on any atom is 0.416 e. The highest BCUT2D eigenvalue weighted by Crippen LogP contribution is 2.35. The summed E-state index contributed by atoms with van der Waals surface area (Å²) >= 11 is 0. The number of carbonyl (C=O) groups is 1. The summed E-state index contributed by atoms with van der Waals surface area (Å²) in [6.07, 6.45) is -4.17. The summed E-state index contributed by atoms with van der Waals surface area (Å²) in [6, 6.07) is 3.17. The molecule has 1 aliphatic heterocycles. The van der Waals surface area contributed by atoms with Crippen molar-refractivity contribution >= 4 is 17.3 Å². The average molecular weight is 244 g/mol. The second-order valence-electron chi connectivity index (χ2n) is 4.06. The van der Waals surface area contributed by atoms with Gasteiger partial charge in [-0.2, -0.15) is 13.2 Å². The summed E-state index contributed by atoms with van der Waals surface area (Å²) in [7, 11) is 0. The zero-order valence-corrected chi connectivity index (χ0v) is 9.06. The van der Waals surface area contributed by atoms with Crippen LogP contribution in [0.1, 0.15) is 18.9 Å². The van der Waals surface area contributed by atoms with E-state index in [1.165, 1.54) is 6.07 Å². The quantitative estimate of drug-likeness (QED) is 0.736. The number of hydrogen-bond donors (Lipinski definition) is 2. The summed E-state index contributed by atoms with van der Waals surface area (Å²) in [5, 5.41) is 5.44. The topological polar surface area (TPSA) is 41.1 Å². The van der Waals surface area contributed by atoms with Crippen molar-refractivity contribution in [3.05, 3.63) is 23.8 Å². The van der Waals surface area contributed by atoms with Gasteiger partial charge in [0.15, 0.2) is 0 Å². The van der Waals surface area contributed by atoms with Crippen molar-refractivity contribution in [3.63, 3.8) is 0 Å². The Morgan fingerprint density at radius 1 is 1.29 bits per heavy atom. The molecule has 0 radical (unpaired) electrons. The molecule has 0 saturated carbocycles. The Balaban J connectivity index is 2.41. The van der Waals surface area contributed by atoms with Crippen LogP contribution in [0.25, 0.3) is 0 Å². The molecule has 1 aromatic carbocycles. The third-order valence-electron chi connectivity index (χ3n) is 2.51. The Bertz CT molecular complexity index is 457. The van der Waals surface area contributed by atoms with E-state index < -0.39 is 11.7 Å². The molecular formula is C11H11F3N2O. The molecule has 3 nitrogen and oxygen atoms in total. The van der Waals surface area contributed by atoms with Crippen LogP contribution in [0.3, 0.4) is 0 Å². The van der Waals surface area contributed by atoms with E-state index in [1.807, 2.05) is 0 Å². The highest BCUT2D eigenvalue weighted by Gasteiger charge is 2.31. The fourth-order valence-electron chi connectivity index (χ4n) is 1.75. The standard InChI is InChI=1S/C11H11F3N2O/c1-6-4-10(17)16-9-5-7(11(12,13)14)2-3-8(9)15-6/h2-3,5-6,15H,4H2,1H3,(H,16,17)/t6-/m0/s1. The van der Waals surface area contributed by atoms with Gasteiger partial charge >= 0.3 is 6.18 Å². The van der Waals surface area contributed by atoms with Crippen molar-refractivity contribution in [2.75, 3.05) is 10.6 Å². The summed E-state index contributed by atoms with van der Waals surface area (Å²) in [5.74, 6) is -0.289. The minimum absolute atomic E-state index is 0.104. The van der Waals surface area contributed by atoms with Crippen molar-refractivity contribution in [2.45, 2.75) is 25.6 Å². The number of amides is 1. The highest BCUT2D eigenvalue weighted by molar-refractivity contribution is 5.96. The molecule has 2 rings (SSSR count). The molecule has 1 amide bonds. The van der Waals surface area contributed by atoms with Gasteiger partial charge in [-0.05, 0) is 25.1 Å². The maximum atomic E-state index is 12.5. The van der Waals surface area contributed by atoms with Crippen molar-refractivity contribution in [1.29, 1.82) is 0 Å². The molecule has 92 valence electrons. The van der Waals surface area contributed by atoms with E-state index in [2.05, 4.69) is 10.6 Å². The van der Waals surface area contributed by atoms with Gasteiger partial charge in [-0.1, -0.05) is 0 Å². The Hall–Kier alpha value is -1.72. The molecule has 6 heteroatoms. The Morgan fingerprint density at radius 2 is 2.00 bits per heavy atom. The summed E-state index contributed by atoms with van der Waals surface area (Å²) < 4.78 is 37.5. The van der Waals surface area contributed by atoms with E-state index in [-0.39, 0.29) is 24.1 Å². The van der Waals surface area contributed by atoms with Gasteiger partial charge in [0, 0.05) is 12.5 Å². The lowest BCUT2D eigenvalue weighted by Gasteiger charge is -2.13. The molecule has 1 aromatic rings. The first-order valence-electron chi connectivity index (χ1n) is 5.14. The van der Waals surface area contributed by atoms with E-state index in [0.717, 1.165) is 12.1 Å². The molecule has 0 aromatic heterocycles. The van der Waals surface area contributed by atoms with Crippen molar-refractivity contribution in [2.24, 2.45) is 0 Å². The summed E-state index contributed by atoms with van der Waals surface area (Å²) in [4.78, 5) is 11.4. The second-order valence-corrected chi connectivity index (χ2v) is 4.06. The maximum absolute atomic E-state index is 12.5. The largest absolute Gasteiger partial charge is 0.416 e. The van der Waals surface area contributed by atoms with Crippen molar-refractivity contribution in [3.8, 4) is 0 Å². The molecule has 0 unspecified atom stereocenters. The van der Waals surface area contributed by atoms with Gasteiger partial charge in [-0.25, -0.2) is 0 Å². The van der Waals surface area contributed by atoms with Crippen LogP contribution in [0.5, 0.6) is 0 Å². The van der Waals surface area contributed by atoms with E-state index in [9.17, 15) is 18.0 Å². The normalized spacial score (nSPS) is 20.0. The summed E-state index contributed by atoms with van der Waals surface area (Å²) in [5.41, 5.74) is -0.0848. The van der Waals surface area contributed by atoms with Crippen LogP contribution in [0, 0.1) is 0 Å². The number of nitrogens with one attached hydrogen (secondary N) is 2. The molecule has 0 saturated heterocycles. The van der Waals surface area contributed by atoms with Gasteiger partial charge in [0.1, 0.15) is 0 Å². The molecule has 0 spiro atoms. The van der Waals surface area contributed by atoms with Gasteiger partial charge < -0.3 is 10.6 Å². The predicted molar refractivity (Wildman–Crippen MR) is 57.8 cm³/mol. The van der Waals surface area contributed by atoms with E-state index in [0.29, 0.717) is 5.69 Å². The number of halogens is 3. The SMILES string of the molecule is C[C@H]1CC(=O)Nc2cc(C(F)(F)F)ccc2N1. The molecular weight excluding hydrogens is 233 g/mol. The highest BCUT2D eigenvalue weighted by atomic mass is 19.4. The number of fused-ring (bicyclic) bond motifs is 1. The monoisotopic (exact) mass is 244 g/mol. The lowest BCUT2D eigenvalue weighted by atomic mass is 10.1. The van der Waals surface area contributed by atoms with Crippen LogP contribution in [-0.2, 0) is 11.0 Å². The number of anilines is 2. The summed E-state index contributed by atoms with van der Waals surface area (Å²) in [6.45, 7) is 1.80. The minimum atomic E-state index is -4.41. The smallest absolute Gasteiger partial charge is 0.380 e. The Kier molecular flexibility index (Phi) is 2.73. The first-order chi connectivity index (χ1) is 7.86. The molecule has 0 bridgehead atoms. The van der Waals surface area contributed by atoms with E-state index in [1.54, 1.807) is 6.92 Å². The van der Waals surface area contributed by atoms with Crippen LogP contribution >= 0.6 is 0 Å². The predicted octanol–water partition coefficient (Wildman–Crippen LogP) is 2.85. The van der Waals surface area contributed by atoms with Gasteiger partial charge in [-0.15, -0.1) is 0 Å². The first-order valence-corrected chi connectivity index (χ1v) is 5.14. The lowest BCUT2D eigenvalue weighted by Crippen LogP contribution is -2.18. The third-order valence-corrected chi connectivity index (χ3v) is 2.51. The minimum Gasteiger partial charge on any atom is -0.380 e. The fraction of sp³-hybridized carbons (Fsp3) is 0.364. The molecule has 1 aliphatic rings. The average Bonchev–Trinajstić information content (AvgIpc) is 2.31. The zero-order chi connectivity index (χ0) is 12.6. The van der Waals surface area contributed by atoms with Crippen molar-refractivity contribution < 1.29 is 18.0 Å². The molecule has 0 fully saturated rings. The fourth-order valence-corrected chi connectivity index (χ4v) is 1.75. The number of hydrogen-bond acceptors (Lipinski definition) is 2. The van der Waals surface area contributed by atoms with E-state index >= 15 is 0 Å². The molecule has 1 heterocycles. The lowest BCUT2D eigenvalue weighted by molar-refractivity contribution is -0.137. The van der Waals surface area contributed by atoms with Crippen LogP contribution in [0.2, 0.25) is 0 Å². The third kappa shape index (κ3) is 2.51. The molecule has 2 N–H and O–H groups in total.